The largest absolute Gasteiger partial charge is 0.492 e. The Morgan fingerprint density at radius 3 is 2.36 bits per heavy atom. The van der Waals surface area contributed by atoms with Crippen LogP contribution < -0.4 is 10.1 Å². The Balaban J connectivity index is 1.42. The fraction of sp³-hybridized carbons (Fsp3) is 0.700. The number of piperidine rings is 1. The number of ether oxygens (including phenoxy) is 2. The molecule has 0 spiro atoms. The van der Waals surface area contributed by atoms with E-state index < -0.39 is 10.0 Å². The summed E-state index contributed by atoms with van der Waals surface area (Å²) in [5.41, 5.74) is 0. The van der Waals surface area contributed by atoms with Crippen molar-refractivity contribution < 1.29 is 17.9 Å². The highest BCUT2D eigenvalue weighted by molar-refractivity contribution is 7.89. The lowest BCUT2D eigenvalue weighted by atomic mass is 10.0. The molecule has 0 aromatic heterocycles. The molecule has 28 heavy (non-hydrogen) atoms. The molecule has 0 bridgehead atoms. The van der Waals surface area contributed by atoms with Gasteiger partial charge < -0.3 is 14.8 Å². The first-order chi connectivity index (χ1) is 13.4. The number of likely N-dealkylation sites (tertiary alicyclic amines) is 1. The van der Waals surface area contributed by atoms with Gasteiger partial charge in [0.25, 0.3) is 0 Å². The Morgan fingerprint density at radius 1 is 1.11 bits per heavy atom. The number of nitrogens with one attached hydrogen (secondary N) is 1. The minimum absolute atomic E-state index is 0.307. The van der Waals surface area contributed by atoms with E-state index in [0.717, 1.165) is 19.6 Å². The molecule has 7 nitrogen and oxygen atoms in total. The topological polar surface area (TPSA) is 71.1 Å². The summed E-state index contributed by atoms with van der Waals surface area (Å²) in [4.78, 5) is 2.73. The van der Waals surface area contributed by atoms with Gasteiger partial charge in [0, 0.05) is 31.7 Å². The zero-order chi connectivity index (χ0) is 20.0. The van der Waals surface area contributed by atoms with Crippen LogP contribution in [0.15, 0.2) is 29.2 Å². The van der Waals surface area contributed by atoms with Gasteiger partial charge in [0.15, 0.2) is 0 Å². The van der Waals surface area contributed by atoms with Gasteiger partial charge in [-0.15, -0.1) is 0 Å². The van der Waals surface area contributed by atoms with Crippen LogP contribution in [0.3, 0.4) is 0 Å². The maximum atomic E-state index is 12.6. The van der Waals surface area contributed by atoms with E-state index in [2.05, 4.69) is 24.1 Å². The minimum Gasteiger partial charge on any atom is -0.492 e. The van der Waals surface area contributed by atoms with Crippen molar-refractivity contribution in [2.45, 2.75) is 43.7 Å². The van der Waals surface area contributed by atoms with Crippen LogP contribution in [-0.4, -0.2) is 82.3 Å². The molecule has 2 fully saturated rings. The van der Waals surface area contributed by atoms with Crippen LogP contribution in [0, 0.1) is 0 Å². The third-order valence-corrected chi connectivity index (χ3v) is 7.18. The molecule has 0 amide bonds. The first kappa shape index (κ1) is 21.5. The smallest absolute Gasteiger partial charge is 0.243 e. The average molecular weight is 412 g/mol. The van der Waals surface area contributed by atoms with Crippen LogP contribution in [0.1, 0.15) is 26.7 Å². The molecule has 1 aromatic carbocycles. The van der Waals surface area contributed by atoms with Gasteiger partial charge in [0.1, 0.15) is 12.4 Å². The lowest BCUT2D eigenvalue weighted by Gasteiger charge is -2.33. The molecule has 1 aromatic rings. The summed E-state index contributed by atoms with van der Waals surface area (Å²) in [6.45, 7) is 9.77. The zero-order valence-corrected chi connectivity index (χ0v) is 17.8. The monoisotopic (exact) mass is 411 g/mol. The van der Waals surface area contributed by atoms with Crippen LogP contribution in [0.25, 0.3) is 0 Å². The van der Waals surface area contributed by atoms with E-state index in [-0.39, 0.29) is 0 Å². The number of hydrogen-bond acceptors (Lipinski definition) is 6. The van der Waals surface area contributed by atoms with Crippen LogP contribution in [0.2, 0.25) is 0 Å². The van der Waals surface area contributed by atoms with E-state index in [1.165, 1.54) is 17.1 Å². The second-order valence-electron chi connectivity index (χ2n) is 7.77. The Hall–Kier alpha value is -1.19. The third-order valence-electron chi connectivity index (χ3n) is 5.26. The molecule has 158 valence electrons. The van der Waals surface area contributed by atoms with E-state index in [4.69, 9.17) is 9.47 Å². The van der Waals surface area contributed by atoms with Crippen molar-refractivity contribution in [1.82, 2.24) is 14.5 Å². The second kappa shape index (κ2) is 10.0. The van der Waals surface area contributed by atoms with Crippen molar-refractivity contribution in [2.75, 3.05) is 52.5 Å². The highest BCUT2D eigenvalue weighted by atomic mass is 32.2. The van der Waals surface area contributed by atoms with Gasteiger partial charge >= 0.3 is 0 Å². The summed E-state index contributed by atoms with van der Waals surface area (Å²) >= 11 is 0. The lowest BCUT2D eigenvalue weighted by Crippen LogP contribution is -2.45. The zero-order valence-electron chi connectivity index (χ0n) is 17.0. The molecule has 0 unspecified atom stereocenters. The molecule has 2 aliphatic rings. The minimum atomic E-state index is -3.45. The van der Waals surface area contributed by atoms with E-state index >= 15 is 0 Å². The number of rotatable bonds is 8. The van der Waals surface area contributed by atoms with Crippen LogP contribution in [-0.2, 0) is 14.8 Å². The van der Waals surface area contributed by atoms with E-state index in [0.29, 0.717) is 55.6 Å². The summed E-state index contributed by atoms with van der Waals surface area (Å²) in [6.07, 6.45) is 2.35. The van der Waals surface area contributed by atoms with Gasteiger partial charge in [-0.1, -0.05) is 13.8 Å². The van der Waals surface area contributed by atoms with Crippen molar-refractivity contribution in [2.24, 2.45) is 0 Å². The van der Waals surface area contributed by atoms with Gasteiger partial charge in [-0.05, 0) is 50.2 Å². The SMILES string of the molecule is CC(C)NC1CCN(CCOc2ccc(S(=O)(=O)N3CCOCC3)cc2)CC1. The first-order valence-electron chi connectivity index (χ1n) is 10.2. The number of benzene rings is 1. The molecule has 2 heterocycles. The fourth-order valence-electron chi connectivity index (χ4n) is 3.73. The number of nitrogens with zero attached hydrogens (tertiary/aromatic N) is 2. The van der Waals surface area contributed by atoms with Crippen LogP contribution in [0.4, 0.5) is 0 Å². The Morgan fingerprint density at radius 2 is 1.75 bits per heavy atom. The van der Waals surface area contributed by atoms with Crippen LogP contribution in [0.5, 0.6) is 5.75 Å². The van der Waals surface area contributed by atoms with E-state index in [1.54, 1.807) is 24.3 Å². The van der Waals surface area contributed by atoms with Crippen LogP contribution >= 0.6 is 0 Å². The normalized spacial score (nSPS) is 20.5. The van der Waals surface area contributed by atoms with Gasteiger partial charge in [-0.2, -0.15) is 4.31 Å². The van der Waals surface area contributed by atoms with Gasteiger partial charge in [0.05, 0.1) is 18.1 Å². The molecule has 0 atom stereocenters. The summed E-state index contributed by atoms with van der Waals surface area (Å²) in [5.74, 6) is 0.706. The molecule has 0 saturated carbocycles. The van der Waals surface area contributed by atoms with E-state index in [1.807, 2.05) is 0 Å². The Bertz CT molecular complexity index is 695. The summed E-state index contributed by atoms with van der Waals surface area (Å²) in [6, 6.07) is 7.90. The van der Waals surface area contributed by atoms with Gasteiger partial charge in [0.2, 0.25) is 10.0 Å². The second-order valence-corrected chi connectivity index (χ2v) is 9.71. The van der Waals surface area contributed by atoms with Gasteiger partial charge in [-0.3, -0.25) is 4.90 Å². The molecule has 1 N–H and O–H groups in total. The molecule has 0 radical (unpaired) electrons. The van der Waals surface area contributed by atoms with E-state index in [9.17, 15) is 8.42 Å². The number of hydrogen-bond donors (Lipinski definition) is 1. The van der Waals surface area contributed by atoms with Crippen molar-refractivity contribution >= 4 is 10.0 Å². The molecule has 0 aliphatic carbocycles. The Labute approximate surface area is 169 Å². The predicted molar refractivity (Wildman–Crippen MR) is 109 cm³/mol. The number of morpholine rings is 1. The average Bonchev–Trinajstić information content (AvgIpc) is 2.70. The fourth-order valence-corrected chi connectivity index (χ4v) is 5.14. The maximum Gasteiger partial charge on any atom is 0.243 e. The predicted octanol–water partition coefficient (Wildman–Crippen LogP) is 1.55. The molecule has 8 heteroatoms. The molecular weight excluding hydrogens is 378 g/mol. The first-order valence-corrected chi connectivity index (χ1v) is 11.7. The highest BCUT2D eigenvalue weighted by Gasteiger charge is 2.26. The lowest BCUT2D eigenvalue weighted by molar-refractivity contribution is 0.0730. The van der Waals surface area contributed by atoms with Crippen molar-refractivity contribution in [3.05, 3.63) is 24.3 Å². The standard InChI is InChI=1S/C20H33N3O4S/c1-17(2)21-18-7-9-22(10-8-18)11-16-27-19-3-5-20(6-4-19)28(24,25)23-12-14-26-15-13-23/h3-6,17-18,21H,7-16H2,1-2H3. The molecular formula is C20H33N3O4S. The summed E-state index contributed by atoms with van der Waals surface area (Å²) in [7, 11) is -3.45. The number of sulfonamides is 1. The van der Waals surface area contributed by atoms with Crippen molar-refractivity contribution in [3.8, 4) is 5.75 Å². The Kier molecular flexibility index (Phi) is 7.70. The molecule has 2 aliphatic heterocycles. The van der Waals surface area contributed by atoms with Gasteiger partial charge in [-0.25, -0.2) is 8.42 Å². The summed E-state index contributed by atoms with van der Waals surface area (Å²) < 4.78 is 37.8. The quantitative estimate of drug-likeness (QED) is 0.700. The molecule has 3 rings (SSSR count). The highest BCUT2D eigenvalue weighted by Crippen LogP contribution is 2.20. The maximum absolute atomic E-state index is 12.6. The summed E-state index contributed by atoms with van der Waals surface area (Å²) in [5, 5.41) is 3.61. The van der Waals surface area contributed by atoms with Crippen molar-refractivity contribution in [3.63, 3.8) is 0 Å². The third kappa shape index (κ3) is 5.90. The molecule has 2 saturated heterocycles. The van der Waals surface area contributed by atoms with Crippen molar-refractivity contribution in [1.29, 1.82) is 0 Å².